The summed E-state index contributed by atoms with van der Waals surface area (Å²) in [6.07, 6.45) is 0.106. The van der Waals surface area contributed by atoms with Crippen LogP contribution in [0.3, 0.4) is 0 Å². The zero-order chi connectivity index (χ0) is 8.43. The molecular formula is C8H8F2O. The molecule has 0 amide bonds. The van der Waals surface area contributed by atoms with Gasteiger partial charge in [0.25, 0.3) is 0 Å². The quantitative estimate of drug-likeness (QED) is 0.568. The molecule has 0 saturated heterocycles. The molecule has 0 saturated carbocycles. The molecule has 0 bridgehead atoms. The van der Waals surface area contributed by atoms with Crippen molar-refractivity contribution < 1.29 is 13.6 Å². The predicted octanol–water partition coefficient (Wildman–Crippen LogP) is 1.75. The fourth-order valence-electron chi connectivity index (χ4n) is 0.855. The lowest BCUT2D eigenvalue weighted by Crippen LogP contribution is -2.17. The summed E-state index contributed by atoms with van der Waals surface area (Å²) in [6, 6.07) is 0. The van der Waals surface area contributed by atoms with Gasteiger partial charge in [-0.15, -0.1) is 0 Å². The van der Waals surface area contributed by atoms with Crippen molar-refractivity contribution >= 4 is 5.78 Å². The van der Waals surface area contributed by atoms with Crippen molar-refractivity contribution in [2.75, 3.05) is 0 Å². The van der Waals surface area contributed by atoms with E-state index in [0.29, 0.717) is 0 Å². The molecule has 11 heavy (non-hydrogen) atoms. The number of hydrogen-bond donors (Lipinski definition) is 0. The van der Waals surface area contributed by atoms with Gasteiger partial charge in [-0.2, -0.15) is 0 Å². The van der Waals surface area contributed by atoms with E-state index >= 15 is 0 Å². The van der Waals surface area contributed by atoms with E-state index in [0.717, 1.165) is 12.2 Å². The Hall–Kier alpha value is -0.990. The molecule has 0 spiro atoms. The average Bonchev–Trinajstić information content (AvgIpc) is 1.94. The molecule has 3 heteroatoms. The molecule has 2 atom stereocenters. The van der Waals surface area contributed by atoms with Crippen LogP contribution in [0.2, 0.25) is 0 Å². The van der Waals surface area contributed by atoms with E-state index < -0.39 is 12.3 Å². The van der Waals surface area contributed by atoms with Crippen LogP contribution in [0, 0.1) is 0 Å². The molecule has 0 radical (unpaired) electrons. The Kier molecular flexibility index (Phi) is 2.17. The minimum absolute atomic E-state index is 0.240. The molecule has 0 aromatic heterocycles. The van der Waals surface area contributed by atoms with Gasteiger partial charge in [-0.1, -0.05) is 6.08 Å². The van der Waals surface area contributed by atoms with Crippen molar-refractivity contribution in [1.82, 2.24) is 0 Å². The van der Waals surface area contributed by atoms with Gasteiger partial charge < -0.3 is 0 Å². The number of carbonyl (C=O) groups excluding carboxylic acids is 1. The Morgan fingerprint density at radius 3 is 2.55 bits per heavy atom. The van der Waals surface area contributed by atoms with Gasteiger partial charge in [0.15, 0.2) is 18.1 Å². The number of hydrogen-bond acceptors (Lipinski definition) is 1. The number of allylic oxidation sites excluding steroid dienone is 4. The molecule has 2 unspecified atom stereocenters. The lowest BCUT2D eigenvalue weighted by Gasteiger charge is -2.11. The van der Waals surface area contributed by atoms with E-state index in [4.69, 9.17) is 0 Å². The molecule has 0 aromatic rings. The van der Waals surface area contributed by atoms with Gasteiger partial charge in [-0.3, -0.25) is 4.79 Å². The first kappa shape index (κ1) is 8.11. The summed E-state index contributed by atoms with van der Waals surface area (Å²) >= 11 is 0. The summed E-state index contributed by atoms with van der Waals surface area (Å²) in [5.74, 6) is -0.240. The van der Waals surface area contributed by atoms with Crippen molar-refractivity contribution in [3.63, 3.8) is 0 Å². The van der Waals surface area contributed by atoms with Crippen LogP contribution >= 0.6 is 0 Å². The predicted molar refractivity (Wildman–Crippen MR) is 37.7 cm³/mol. The van der Waals surface area contributed by atoms with E-state index in [1.165, 1.54) is 13.0 Å². The van der Waals surface area contributed by atoms with Crippen LogP contribution in [0.1, 0.15) is 6.92 Å². The lowest BCUT2D eigenvalue weighted by molar-refractivity contribution is -0.113. The standard InChI is InChI=1S/C8H8F2O/c1-5(11)6-2-3-7(9)8(10)4-6/h2-4,7-8H,1H3. The first-order valence-electron chi connectivity index (χ1n) is 3.30. The van der Waals surface area contributed by atoms with Crippen LogP contribution < -0.4 is 0 Å². The van der Waals surface area contributed by atoms with E-state index in [1.807, 2.05) is 0 Å². The van der Waals surface area contributed by atoms with Gasteiger partial charge in [0, 0.05) is 5.57 Å². The zero-order valence-corrected chi connectivity index (χ0v) is 6.05. The molecule has 1 nitrogen and oxygen atoms in total. The third kappa shape index (κ3) is 1.73. The molecule has 0 fully saturated rings. The maximum atomic E-state index is 12.5. The highest BCUT2D eigenvalue weighted by Crippen LogP contribution is 2.17. The molecule has 60 valence electrons. The van der Waals surface area contributed by atoms with Crippen LogP contribution in [0.15, 0.2) is 23.8 Å². The van der Waals surface area contributed by atoms with Crippen LogP contribution in [0.5, 0.6) is 0 Å². The van der Waals surface area contributed by atoms with Crippen molar-refractivity contribution in [2.24, 2.45) is 0 Å². The Morgan fingerprint density at radius 2 is 2.09 bits per heavy atom. The second-order valence-corrected chi connectivity index (χ2v) is 2.43. The minimum atomic E-state index is -1.67. The Morgan fingerprint density at radius 1 is 1.45 bits per heavy atom. The monoisotopic (exact) mass is 158 g/mol. The first-order chi connectivity index (χ1) is 5.11. The van der Waals surface area contributed by atoms with Crippen LogP contribution in [-0.4, -0.2) is 18.1 Å². The van der Waals surface area contributed by atoms with Gasteiger partial charge in [-0.25, -0.2) is 8.78 Å². The normalized spacial score (nSPS) is 29.9. The van der Waals surface area contributed by atoms with Gasteiger partial charge >= 0.3 is 0 Å². The molecule has 0 N–H and O–H groups in total. The zero-order valence-electron chi connectivity index (χ0n) is 6.05. The molecular weight excluding hydrogens is 150 g/mol. The van der Waals surface area contributed by atoms with Crippen LogP contribution in [0.25, 0.3) is 0 Å². The Labute approximate surface area is 63.4 Å². The Balaban J connectivity index is 2.80. The maximum absolute atomic E-state index is 12.5. The molecule has 0 heterocycles. The highest BCUT2D eigenvalue weighted by atomic mass is 19.2. The van der Waals surface area contributed by atoms with E-state index in [9.17, 15) is 13.6 Å². The second-order valence-electron chi connectivity index (χ2n) is 2.43. The topological polar surface area (TPSA) is 17.1 Å². The van der Waals surface area contributed by atoms with Crippen molar-refractivity contribution in [3.8, 4) is 0 Å². The van der Waals surface area contributed by atoms with Gasteiger partial charge in [0.1, 0.15) is 0 Å². The van der Waals surface area contributed by atoms with Gasteiger partial charge in [0.05, 0.1) is 0 Å². The minimum Gasteiger partial charge on any atom is -0.295 e. The largest absolute Gasteiger partial charge is 0.295 e. The molecule has 1 rings (SSSR count). The smallest absolute Gasteiger partial charge is 0.159 e. The number of carbonyl (C=O) groups is 1. The van der Waals surface area contributed by atoms with Crippen molar-refractivity contribution in [3.05, 3.63) is 23.8 Å². The summed E-state index contributed by atoms with van der Waals surface area (Å²) < 4.78 is 24.9. The van der Waals surface area contributed by atoms with Crippen LogP contribution in [0.4, 0.5) is 8.78 Å². The van der Waals surface area contributed by atoms with Crippen molar-refractivity contribution in [1.29, 1.82) is 0 Å². The van der Waals surface area contributed by atoms with Crippen LogP contribution in [-0.2, 0) is 4.79 Å². The molecule has 0 aromatic carbocycles. The molecule has 1 aliphatic rings. The van der Waals surface area contributed by atoms with Gasteiger partial charge in [-0.05, 0) is 19.1 Å². The molecule has 0 aliphatic heterocycles. The maximum Gasteiger partial charge on any atom is 0.159 e. The summed E-state index contributed by atoms with van der Waals surface area (Å²) in [5, 5.41) is 0. The fraction of sp³-hybridized carbons (Fsp3) is 0.375. The summed E-state index contributed by atoms with van der Waals surface area (Å²) in [7, 11) is 0. The van der Waals surface area contributed by atoms with E-state index in [2.05, 4.69) is 0 Å². The van der Waals surface area contributed by atoms with E-state index in [-0.39, 0.29) is 11.4 Å². The highest BCUT2D eigenvalue weighted by Gasteiger charge is 2.20. The number of halogens is 2. The van der Waals surface area contributed by atoms with Crippen molar-refractivity contribution in [2.45, 2.75) is 19.3 Å². The summed E-state index contributed by atoms with van der Waals surface area (Å²) in [4.78, 5) is 10.6. The number of alkyl halides is 2. The molecule has 1 aliphatic carbocycles. The third-order valence-corrected chi connectivity index (χ3v) is 1.51. The third-order valence-electron chi connectivity index (χ3n) is 1.51. The first-order valence-corrected chi connectivity index (χ1v) is 3.30. The number of Topliss-reactive ketones (excluding diaryl/α,β-unsaturated/α-hetero) is 1. The number of ketones is 1. The second kappa shape index (κ2) is 2.95. The van der Waals surface area contributed by atoms with E-state index in [1.54, 1.807) is 0 Å². The summed E-state index contributed by atoms with van der Waals surface area (Å²) in [6.45, 7) is 1.32. The SMILES string of the molecule is CC(=O)C1=CC(F)C(F)C=C1. The number of rotatable bonds is 1. The fourth-order valence-corrected chi connectivity index (χ4v) is 0.855. The summed E-state index contributed by atoms with van der Waals surface area (Å²) in [5.41, 5.74) is 0.242. The lowest BCUT2D eigenvalue weighted by atomic mass is 10.0. The Bertz CT molecular complexity index is 230. The average molecular weight is 158 g/mol. The highest BCUT2D eigenvalue weighted by molar-refractivity contribution is 5.96. The van der Waals surface area contributed by atoms with Gasteiger partial charge in [0.2, 0.25) is 0 Å².